The Morgan fingerprint density at radius 1 is 0.619 bits per heavy atom. The first kappa shape index (κ1) is 45.8. The van der Waals surface area contributed by atoms with Gasteiger partial charge in [-0.25, -0.2) is 4.79 Å². The minimum absolute atomic E-state index is 0.0204. The standard InChI is InChI=1S/C52H53NO8S2/c1-38(54)53-46-48(47(58-34-41-24-12-4-13-25-41)45(57-33-40-22-10-3-11-23-40)37-56-32-39-20-8-2-9-21-39)61-52(62,51(55)60-36-43-28-16-6-17-29-43)50(63-44-30-18-7-19-31-44)49(46)59-35-42-26-14-5-15-27-42/h2-31,45-50,62H,32-37H2,1H3,(H,53,54)/t45-,46+,47-,48-,49-,50+,52+/m1/s1. The van der Waals surface area contributed by atoms with Gasteiger partial charge in [0.15, 0.2) is 0 Å². The molecule has 0 aromatic heterocycles. The lowest BCUT2D eigenvalue weighted by Crippen LogP contribution is -2.72. The van der Waals surface area contributed by atoms with E-state index in [1.807, 2.05) is 182 Å². The summed E-state index contributed by atoms with van der Waals surface area (Å²) < 4.78 is 40.5. The Hall–Kier alpha value is -5.24. The van der Waals surface area contributed by atoms with Gasteiger partial charge in [0.1, 0.15) is 24.9 Å². The molecular weight excluding hydrogens is 831 g/mol. The number of carbonyl (C=O) groups excluding carboxylic acids is 2. The lowest BCUT2D eigenvalue weighted by atomic mass is 9.88. The van der Waals surface area contributed by atoms with E-state index in [9.17, 15) is 9.59 Å². The van der Waals surface area contributed by atoms with E-state index in [4.69, 9.17) is 41.0 Å². The first-order chi connectivity index (χ1) is 30.9. The van der Waals surface area contributed by atoms with Gasteiger partial charge >= 0.3 is 5.97 Å². The van der Waals surface area contributed by atoms with E-state index < -0.39 is 46.6 Å². The van der Waals surface area contributed by atoms with Crippen LogP contribution in [0.4, 0.5) is 0 Å². The quantitative estimate of drug-likeness (QED) is 0.0541. The summed E-state index contributed by atoms with van der Waals surface area (Å²) in [7, 11) is 0. The molecule has 7 atom stereocenters. The summed E-state index contributed by atoms with van der Waals surface area (Å²) in [4.78, 5) is 27.3. The molecule has 1 aliphatic heterocycles. The van der Waals surface area contributed by atoms with Crippen molar-refractivity contribution in [2.24, 2.45) is 0 Å². The highest BCUT2D eigenvalue weighted by Crippen LogP contribution is 2.47. The van der Waals surface area contributed by atoms with Gasteiger partial charge in [0.05, 0.1) is 50.4 Å². The number of amides is 1. The third-order valence-electron chi connectivity index (χ3n) is 10.6. The molecule has 63 heavy (non-hydrogen) atoms. The lowest BCUT2D eigenvalue weighted by Gasteiger charge is -2.52. The molecule has 1 aliphatic rings. The van der Waals surface area contributed by atoms with Crippen LogP contribution in [0.15, 0.2) is 187 Å². The molecule has 1 N–H and O–H groups in total. The van der Waals surface area contributed by atoms with Crippen molar-refractivity contribution in [2.75, 3.05) is 6.61 Å². The summed E-state index contributed by atoms with van der Waals surface area (Å²) in [5.74, 6) is -1.04. The number of thioether (sulfide) groups is 1. The highest BCUT2D eigenvalue weighted by molar-refractivity contribution is 8.01. The van der Waals surface area contributed by atoms with Gasteiger partial charge in [-0.05, 0) is 39.9 Å². The monoisotopic (exact) mass is 883 g/mol. The van der Waals surface area contributed by atoms with Crippen LogP contribution in [0.5, 0.6) is 0 Å². The third-order valence-corrected chi connectivity index (χ3v) is 12.7. The van der Waals surface area contributed by atoms with Gasteiger partial charge in [-0.3, -0.25) is 4.79 Å². The summed E-state index contributed by atoms with van der Waals surface area (Å²) in [5, 5.41) is 2.33. The van der Waals surface area contributed by atoms with Crippen molar-refractivity contribution in [3.8, 4) is 0 Å². The molecule has 6 aromatic rings. The maximum Gasteiger partial charge on any atom is 0.350 e. The fourth-order valence-electron chi connectivity index (χ4n) is 7.42. The number of rotatable bonds is 21. The zero-order chi connectivity index (χ0) is 43.7. The zero-order valence-corrected chi connectivity index (χ0v) is 36.9. The minimum Gasteiger partial charge on any atom is -0.458 e. The summed E-state index contributed by atoms with van der Waals surface area (Å²) in [5.41, 5.74) is 4.51. The van der Waals surface area contributed by atoms with Crippen LogP contribution in [-0.4, -0.2) is 59.1 Å². The summed E-state index contributed by atoms with van der Waals surface area (Å²) in [6.45, 7) is 2.34. The first-order valence-electron chi connectivity index (χ1n) is 21.0. The Bertz CT molecular complexity index is 2260. The molecule has 1 saturated heterocycles. The number of carbonyl (C=O) groups is 2. The Morgan fingerprint density at radius 3 is 1.57 bits per heavy atom. The van der Waals surface area contributed by atoms with E-state index in [1.165, 1.54) is 18.7 Å². The Kier molecular flexibility index (Phi) is 17.0. The van der Waals surface area contributed by atoms with Gasteiger partial charge in [-0.1, -0.05) is 170 Å². The van der Waals surface area contributed by atoms with Crippen LogP contribution in [0, 0.1) is 0 Å². The van der Waals surface area contributed by atoms with Crippen molar-refractivity contribution in [1.82, 2.24) is 5.32 Å². The van der Waals surface area contributed by atoms with Gasteiger partial charge in [0.25, 0.3) is 0 Å². The number of nitrogens with one attached hydrogen (secondary N) is 1. The van der Waals surface area contributed by atoms with Crippen LogP contribution < -0.4 is 5.32 Å². The number of benzene rings is 6. The van der Waals surface area contributed by atoms with Crippen molar-refractivity contribution >= 4 is 36.3 Å². The van der Waals surface area contributed by atoms with E-state index in [0.717, 1.165) is 32.7 Å². The third kappa shape index (κ3) is 13.2. The second-order valence-corrected chi connectivity index (χ2v) is 17.2. The SMILES string of the molecule is CC(=O)N[C@H]1[C@H]([C@H](OCc2ccccc2)[C@@H](COCc2ccccc2)OCc2ccccc2)O[C@@](S)(C(=O)OCc2ccccc2)[C@@H](Sc2ccccc2)[C@@H]1OCc1ccccc1. The maximum absolute atomic E-state index is 14.9. The molecule has 1 fully saturated rings. The van der Waals surface area contributed by atoms with Crippen LogP contribution in [0.1, 0.15) is 34.7 Å². The summed E-state index contributed by atoms with van der Waals surface area (Å²) in [6, 6.07) is 57.4. The average molecular weight is 884 g/mol. The van der Waals surface area contributed by atoms with Crippen LogP contribution >= 0.6 is 24.4 Å². The van der Waals surface area contributed by atoms with Gasteiger partial charge < -0.3 is 33.7 Å². The van der Waals surface area contributed by atoms with Crippen molar-refractivity contribution in [1.29, 1.82) is 0 Å². The second kappa shape index (κ2) is 23.4. The van der Waals surface area contributed by atoms with Crippen molar-refractivity contribution in [3.63, 3.8) is 0 Å². The van der Waals surface area contributed by atoms with Gasteiger partial charge in [-0.15, -0.1) is 24.4 Å². The second-order valence-electron chi connectivity index (χ2n) is 15.3. The molecule has 1 heterocycles. The zero-order valence-electron chi connectivity index (χ0n) is 35.1. The largest absolute Gasteiger partial charge is 0.458 e. The molecule has 326 valence electrons. The summed E-state index contributed by atoms with van der Waals surface area (Å²) in [6.07, 6.45) is -3.78. The van der Waals surface area contributed by atoms with Crippen LogP contribution in [0.3, 0.4) is 0 Å². The molecule has 0 radical (unpaired) electrons. The molecule has 0 saturated carbocycles. The molecule has 1 amide bonds. The smallest absolute Gasteiger partial charge is 0.350 e. The molecule has 0 unspecified atom stereocenters. The average Bonchev–Trinajstić information content (AvgIpc) is 3.32. The van der Waals surface area contributed by atoms with Crippen LogP contribution in [-0.2, 0) is 71.0 Å². The molecule has 0 spiro atoms. The van der Waals surface area contributed by atoms with Gasteiger partial charge in [0, 0.05) is 11.8 Å². The number of esters is 1. The van der Waals surface area contributed by atoms with E-state index in [1.54, 1.807) is 0 Å². The summed E-state index contributed by atoms with van der Waals surface area (Å²) >= 11 is 6.61. The van der Waals surface area contributed by atoms with Crippen LogP contribution in [0.25, 0.3) is 0 Å². The minimum atomic E-state index is -1.96. The Labute approximate surface area is 379 Å². The normalized spacial score (nSPS) is 20.6. The van der Waals surface area contributed by atoms with E-state index >= 15 is 0 Å². The topological polar surface area (TPSA) is 102 Å². The molecule has 0 bridgehead atoms. The van der Waals surface area contributed by atoms with E-state index in [0.29, 0.717) is 6.61 Å². The number of hydrogen-bond acceptors (Lipinski definition) is 10. The lowest BCUT2D eigenvalue weighted by molar-refractivity contribution is -0.229. The molecule has 11 heteroatoms. The first-order valence-corrected chi connectivity index (χ1v) is 22.4. The Morgan fingerprint density at radius 2 is 1.06 bits per heavy atom. The highest BCUT2D eigenvalue weighted by Gasteiger charge is 2.61. The van der Waals surface area contributed by atoms with E-state index in [2.05, 4.69) is 5.32 Å². The Balaban J connectivity index is 1.33. The fraction of sp³-hybridized carbons (Fsp3) is 0.269. The number of hydrogen-bond donors (Lipinski definition) is 2. The van der Waals surface area contributed by atoms with Crippen molar-refractivity contribution in [2.45, 2.75) is 85.5 Å². The van der Waals surface area contributed by atoms with E-state index in [-0.39, 0.29) is 38.9 Å². The van der Waals surface area contributed by atoms with Crippen molar-refractivity contribution < 1.29 is 38.0 Å². The predicted molar refractivity (Wildman–Crippen MR) is 248 cm³/mol. The van der Waals surface area contributed by atoms with Crippen molar-refractivity contribution in [3.05, 3.63) is 210 Å². The fourth-order valence-corrected chi connectivity index (χ4v) is 9.21. The highest BCUT2D eigenvalue weighted by atomic mass is 32.2. The molecule has 0 aliphatic carbocycles. The van der Waals surface area contributed by atoms with Gasteiger partial charge in [0.2, 0.25) is 10.8 Å². The molecular formula is C52H53NO8S2. The number of thiol groups is 1. The van der Waals surface area contributed by atoms with Gasteiger partial charge in [-0.2, -0.15) is 0 Å². The van der Waals surface area contributed by atoms with Crippen LogP contribution in [0.2, 0.25) is 0 Å². The molecule has 9 nitrogen and oxygen atoms in total. The molecule has 7 rings (SSSR count). The molecule has 6 aromatic carbocycles. The maximum atomic E-state index is 14.9. The predicted octanol–water partition coefficient (Wildman–Crippen LogP) is 9.39. The number of ether oxygens (including phenoxy) is 6.